The summed E-state index contributed by atoms with van der Waals surface area (Å²) in [5.74, 6) is 0.623. The highest BCUT2D eigenvalue weighted by Crippen LogP contribution is 2.50. The Hall–Kier alpha value is -1.33. The van der Waals surface area contributed by atoms with E-state index in [4.69, 9.17) is 0 Å². The average Bonchev–Trinajstić information content (AvgIpc) is 3.07. The van der Waals surface area contributed by atoms with Gasteiger partial charge in [-0.1, -0.05) is 37.1 Å². The molecule has 0 radical (unpaired) electrons. The van der Waals surface area contributed by atoms with Crippen molar-refractivity contribution in [3.63, 3.8) is 0 Å². The van der Waals surface area contributed by atoms with Gasteiger partial charge in [-0.3, -0.25) is 0 Å². The molecule has 3 rings (SSSR count). The topological polar surface area (TPSA) is 44.0 Å². The van der Waals surface area contributed by atoms with Crippen LogP contribution in [0.2, 0.25) is 0 Å². The van der Waals surface area contributed by atoms with E-state index in [0.717, 1.165) is 24.8 Å². The lowest BCUT2D eigenvalue weighted by atomic mass is 9.67. The number of nitrogens with zero attached hydrogens (tertiary/aromatic N) is 1. The van der Waals surface area contributed by atoms with Crippen LogP contribution in [0.5, 0.6) is 0 Å². The lowest BCUT2D eigenvalue weighted by Crippen LogP contribution is -2.47. The van der Waals surface area contributed by atoms with E-state index in [1.54, 1.807) is 0 Å². The van der Waals surface area contributed by atoms with E-state index >= 15 is 0 Å². The third-order valence-corrected chi connectivity index (χ3v) is 4.74. The van der Waals surface area contributed by atoms with Crippen LogP contribution in [0.4, 0.5) is 0 Å². The normalized spacial score (nSPS) is 29.4. The van der Waals surface area contributed by atoms with Crippen molar-refractivity contribution in [3.8, 4) is 6.07 Å². The Bertz CT molecular complexity index is 510. The van der Waals surface area contributed by atoms with Crippen LogP contribution < -0.4 is 0 Å². The predicted octanol–water partition coefficient (Wildman–Crippen LogP) is 2.95. The van der Waals surface area contributed by atoms with Gasteiger partial charge in [0, 0.05) is 0 Å². The number of hydrogen-bond donors (Lipinski definition) is 1. The molecule has 2 heteroatoms. The molecule has 1 saturated carbocycles. The van der Waals surface area contributed by atoms with Crippen molar-refractivity contribution in [1.82, 2.24) is 0 Å². The standard InChI is InChI=1S/C16H19NO/c1-15(18,10-12-6-7-12)16(11-17)9-8-13-4-2-3-5-14(13)16/h2-5,12,18H,6-10H2,1H3. The molecule has 2 atom stereocenters. The highest BCUT2D eigenvalue weighted by atomic mass is 16.3. The molecule has 0 bridgehead atoms. The molecule has 1 aromatic rings. The fourth-order valence-electron chi connectivity index (χ4n) is 3.47. The number of aliphatic hydroxyl groups is 1. The van der Waals surface area contributed by atoms with Gasteiger partial charge in [0.1, 0.15) is 5.41 Å². The fourth-order valence-corrected chi connectivity index (χ4v) is 3.47. The van der Waals surface area contributed by atoms with Crippen molar-refractivity contribution in [2.24, 2.45) is 5.92 Å². The maximum absolute atomic E-state index is 10.9. The third-order valence-electron chi connectivity index (χ3n) is 4.74. The first-order valence-corrected chi connectivity index (χ1v) is 6.81. The second kappa shape index (κ2) is 3.83. The zero-order chi connectivity index (χ0) is 12.8. The minimum absolute atomic E-state index is 0.623. The Morgan fingerprint density at radius 2 is 2.17 bits per heavy atom. The van der Waals surface area contributed by atoms with Crippen LogP contribution in [0.1, 0.15) is 43.7 Å². The molecule has 0 amide bonds. The highest BCUT2D eigenvalue weighted by Gasteiger charge is 2.53. The van der Waals surface area contributed by atoms with Crippen LogP contribution in [-0.4, -0.2) is 10.7 Å². The Morgan fingerprint density at radius 1 is 1.44 bits per heavy atom. The van der Waals surface area contributed by atoms with Crippen LogP contribution in [0.3, 0.4) is 0 Å². The summed E-state index contributed by atoms with van der Waals surface area (Å²) in [5.41, 5.74) is 0.676. The zero-order valence-corrected chi connectivity index (χ0v) is 10.8. The molecule has 1 aromatic carbocycles. The Kier molecular flexibility index (Phi) is 2.50. The van der Waals surface area contributed by atoms with E-state index in [1.165, 1.54) is 18.4 Å². The van der Waals surface area contributed by atoms with Gasteiger partial charge in [-0.05, 0) is 43.2 Å². The largest absolute Gasteiger partial charge is 0.388 e. The molecule has 94 valence electrons. The number of benzene rings is 1. The molecule has 0 aromatic heterocycles. The van der Waals surface area contributed by atoms with Crippen molar-refractivity contribution in [2.75, 3.05) is 0 Å². The average molecular weight is 241 g/mol. The van der Waals surface area contributed by atoms with Gasteiger partial charge in [0.2, 0.25) is 0 Å². The number of fused-ring (bicyclic) bond motifs is 1. The maximum atomic E-state index is 10.9. The summed E-state index contributed by atoms with van der Waals surface area (Å²) >= 11 is 0. The number of nitriles is 1. The first-order valence-electron chi connectivity index (χ1n) is 6.81. The van der Waals surface area contributed by atoms with Gasteiger partial charge < -0.3 is 5.11 Å². The van der Waals surface area contributed by atoms with Crippen LogP contribution >= 0.6 is 0 Å². The van der Waals surface area contributed by atoms with Gasteiger partial charge in [0.15, 0.2) is 0 Å². The second-order valence-corrected chi connectivity index (χ2v) is 6.10. The van der Waals surface area contributed by atoms with Crippen molar-refractivity contribution in [2.45, 2.75) is 50.0 Å². The summed E-state index contributed by atoms with van der Waals surface area (Å²) in [6.07, 6.45) is 4.83. The van der Waals surface area contributed by atoms with Gasteiger partial charge in [0.05, 0.1) is 11.7 Å². The molecule has 0 aliphatic heterocycles. The first kappa shape index (κ1) is 11.7. The van der Waals surface area contributed by atoms with E-state index in [9.17, 15) is 10.4 Å². The summed E-state index contributed by atoms with van der Waals surface area (Å²) in [7, 11) is 0. The fraction of sp³-hybridized carbons (Fsp3) is 0.562. The molecular formula is C16H19NO. The van der Waals surface area contributed by atoms with E-state index in [0.29, 0.717) is 5.92 Å². The van der Waals surface area contributed by atoms with Crippen molar-refractivity contribution in [3.05, 3.63) is 35.4 Å². The molecule has 2 nitrogen and oxygen atoms in total. The monoisotopic (exact) mass is 241 g/mol. The van der Waals surface area contributed by atoms with E-state index in [2.05, 4.69) is 12.1 Å². The molecule has 2 aliphatic rings. The summed E-state index contributed by atoms with van der Waals surface area (Å²) < 4.78 is 0. The van der Waals surface area contributed by atoms with Crippen LogP contribution in [0.25, 0.3) is 0 Å². The van der Waals surface area contributed by atoms with E-state index in [1.807, 2.05) is 25.1 Å². The molecule has 0 heterocycles. The SMILES string of the molecule is CC(O)(CC1CC1)C1(C#N)CCc2ccccc21. The molecule has 1 fully saturated rings. The highest BCUT2D eigenvalue weighted by molar-refractivity contribution is 5.47. The Labute approximate surface area is 108 Å². The number of rotatable bonds is 3. The van der Waals surface area contributed by atoms with Crippen LogP contribution in [-0.2, 0) is 11.8 Å². The Balaban J connectivity index is 2.03. The molecular weight excluding hydrogens is 222 g/mol. The molecule has 2 aliphatic carbocycles. The van der Waals surface area contributed by atoms with Gasteiger partial charge in [-0.25, -0.2) is 0 Å². The van der Waals surface area contributed by atoms with Crippen LogP contribution in [0, 0.1) is 17.2 Å². The number of aryl methyl sites for hydroxylation is 1. The van der Waals surface area contributed by atoms with Gasteiger partial charge >= 0.3 is 0 Å². The van der Waals surface area contributed by atoms with Crippen molar-refractivity contribution >= 4 is 0 Å². The van der Waals surface area contributed by atoms with Crippen molar-refractivity contribution < 1.29 is 5.11 Å². The van der Waals surface area contributed by atoms with Gasteiger partial charge in [-0.15, -0.1) is 0 Å². The maximum Gasteiger partial charge on any atom is 0.111 e. The van der Waals surface area contributed by atoms with E-state index < -0.39 is 11.0 Å². The van der Waals surface area contributed by atoms with Crippen LogP contribution in [0.15, 0.2) is 24.3 Å². The minimum atomic E-state index is -0.907. The Morgan fingerprint density at radius 3 is 2.83 bits per heavy atom. The minimum Gasteiger partial charge on any atom is -0.388 e. The second-order valence-electron chi connectivity index (χ2n) is 6.10. The summed E-state index contributed by atoms with van der Waals surface area (Å²) in [5, 5.41) is 20.6. The summed E-state index contributed by atoms with van der Waals surface area (Å²) in [6.45, 7) is 1.86. The zero-order valence-electron chi connectivity index (χ0n) is 10.8. The van der Waals surface area contributed by atoms with E-state index in [-0.39, 0.29) is 0 Å². The first-order chi connectivity index (χ1) is 8.59. The molecule has 2 unspecified atom stereocenters. The van der Waals surface area contributed by atoms with Gasteiger partial charge in [0.25, 0.3) is 0 Å². The lowest BCUT2D eigenvalue weighted by molar-refractivity contribution is -0.0118. The molecule has 18 heavy (non-hydrogen) atoms. The number of hydrogen-bond acceptors (Lipinski definition) is 2. The summed E-state index contributed by atoms with van der Waals surface area (Å²) in [6, 6.07) is 10.6. The molecule has 0 spiro atoms. The smallest absolute Gasteiger partial charge is 0.111 e. The third kappa shape index (κ3) is 1.58. The molecule has 1 N–H and O–H groups in total. The van der Waals surface area contributed by atoms with Crippen molar-refractivity contribution in [1.29, 1.82) is 5.26 Å². The predicted molar refractivity (Wildman–Crippen MR) is 70.0 cm³/mol. The quantitative estimate of drug-likeness (QED) is 0.884. The van der Waals surface area contributed by atoms with Gasteiger partial charge in [-0.2, -0.15) is 5.26 Å². The molecule has 0 saturated heterocycles. The summed E-state index contributed by atoms with van der Waals surface area (Å²) in [4.78, 5) is 0. The lowest BCUT2D eigenvalue weighted by Gasteiger charge is -2.38.